The molecule has 0 radical (unpaired) electrons. The zero-order valence-corrected chi connectivity index (χ0v) is 20.0. The van der Waals surface area contributed by atoms with Crippen molar-refractivity contribution in [3.63, 3.8) is 0 Å². The third-order valence-corrected chi connectivity index (χ3v) is 6.92. The number of amides is 1. The van der Waals surface area contributed by atoms with Crippen molar-refractivity contribution in [3.05, 3.63) is 63.7 Å². The first-order chi connectivity index (χ1) is 13.9. The van der Waals surface area contributed by atoms with Crippen LogP contribution >= 0.6 is 0 Å². The van der Waals surface area contributed by atoms with Crippen LogP contribution in [0.4, 0.5) is 5.69 Å². The van der Waals surface area contributed by atoms with E-state index in [1.807, 2.05) is 39.0 Å². The minimum absolute atomic E-state index is 0.0745. The molecule has 1 atom stereocenters. The second-order valence-corrected chi connectivity index (χ2v) is 10.1. The Morgan fingerprint density at radius 2 is 1.63 bits per heavy atom. The predicted octanol–water partition coefficient (Wildman–Crippen LogP) is 4.65. The van der Waals surface area contributed by atoms with Gasteiger partial charge in [-0.3, -0.25) is 9.10 Å². The standard InChI is InChI=1S/C24H34N2O3S/c1-16-10-8-11-23(20(16)5)26(30(7,28)29)13-9-12-24(27)25-21(6)22-15-18(3)17(2)14-19(22)4/h8,10-11,14-15,21H,9,12-13H2,1-7H3,(H,25,27)/t21-/m0/s1. The van der Waals surface area contributed by atoms with E-state index in [1.165, 1.54) is 21.7 Å². The number of carbonyl (C=O) groups is 1. The molecule has 0 aromatic heterocycles. The molecular weight excluding hydrogens is 396 g/mol. The molecule has 2 rings (SSSR count). The molecule has 0 fully saturated rings. The maximum absolute atomic E-state index is 12.5. The van der Waals surface area contributed by atoms with Crippen LogP contribution < -0.4 is 9.62 Å². The number of carbonyl (C=O) groups excluding carboxylic acids is 1. The molecular formula is C24H34N2O3S. The topological polar surface area (TPSA) is 66.5 Å². The fraction of sp³-hybridized carbons (Fsp3) is 0.458. The van der Waals surface area contributed by atoms with Crippen LogP contribution in [-0.4, -0.2) is 27.1 Å². The zero-order valence-electron chi connectivity index (χ0n) is 19.2. The van der Waals surface area contributed by atoms with Gasteiger partial charge < -0.3 is 5.32 Å². The minimum Gasteiger partial charge on any atom is -0.350 e. The Balaban J connectivity index is 2.03. The number of nitrogens with zero attached hydrogens (tertiary/aromatic N) is 1. The lowest BCUT2D eigenvalue weighted by molar-refractivity contribution is -0.121. The highest BCUT2D eigenvalue weighted by atomic mass is 32.2. The molecule has 0 saturated heterocycles. The number of hydrogen-bond acceptors (Lipinski definition) is 3. The van der Waals surface area contributed by atoms with Crippen LogP contribution in [0.5, 0.6) is 0 Å². The quantitative estimate of drug-likeness (QED) is 0.663. The van der Waals surface area contributed by atoms with Gasteiger partial charge in [0.15, 0.2) is 0 Å². The average Bonchev–Trinajstić information content (AvgIpc) is 2.63. The molecule has 1 N–H and O–H groups in total. The zero-order chi connectivity index (χ0) is 22.6. The molecule has 6 heteroatoms. The summed E-state index contributed by atoms with van der Waals surface area (Å²) in [5.41, 5.74) is 7.36. The highest BCUT2D eigenvalue weighted by Crippen LogP contribution is 2.25. The SMILES string of the molecule is Cc1cc(C)c([C@H](C)NC(=O)CCCN(c2cccc(C)c2C)S(C)(=O)=O)cc1C. The summed E-state index contributed by atoms with van der Waals surface area (Å²) in [6.45, 7) is 12.3. The molecule has 0 aliphatic rings. The van der Waals surface area contributed by atoms with Gasteiger partial charge in [0.2, 0.25) is 15.9 Å². The largest absolute Gasteiger partial charge is 0.350 e. The summed E-state index contributed by atoms with van der Waals surface area (Å²) in [6, 6.07) is 9.80. The molecule has 2 aromatic rings. The maximum atomic E-state index is 12.5. The maximum Gasteiger partial charge on any atom is 0.232 e. The molecule has 0 spiro atoms. The summed E-state index contributed by atoms with van der Waals surface area (Å²) in [5.74, 6) is -0.0745. The normalized spacial score (nSPS) is 12.5. The van der Waals surface area contributed by atoms with Gasteiger partial charge in [0, 0.05) is 13.0 Å². The first-order valence-electron chi connectivity index (χ1n) is 10.3. The summed E-state index contributed by atoms with van der Waals surface area (Å²) in [5, 5.41) is 3.05. The van der Waals surface area contributed by atoms with E-state index < -0.39 is 10.0 Å². The van der Waals surface area contributed by atoms with Crippen molar-refractivity contribution >= 4 is 21.6 Å². The lowest BCUT2D eigenvalue weighted by Gasteiger charge is -2.25. The molecule has 0 aliphatic carbocycles. The molecule has 0 saturated carbocycles. The number of aryl methyl sites for hydroxylation is 4. The van der Waals surface area contributed by atoms with Gasteiger partial charge in [0.05, 0.1) is 18.0 Å². The Labute approximate surface area is 181 Å². The van der Waals surface area contributed by atoms with E-state index in [4.69, 9.17) is 0 Å². The second kappa shape index (κ2) is 9.65. The van der Waals surface area contributed by atoms with Gasteiger partial charge in [0.25, 0.3) is 0 Å². The van der Waals surface area contributed by atoms with Crippen LogP contribution in [-0.2, 0) is 14.8 Å². The number of nitrogens with one attached hydrogen (secondary N) is 1. The summed E-state index contributed by atoms with van der Waals surface area (Å²) < 4.78 is 26.1. The molecule has 1 amide bonds. The number of benzene rings is 2. The molecule has 5 nitrogen and oxygen atoms in total. The Kier molecular flexibility index (Phi) is 7.70. The lowest BCUT2D eigenvalue weighted by Crippen LogP contribution is -2.33. The third-order valence-electron chi connectivity index (χ3n) is 5.74. The van der Waals surface area contributed by atoms with E-state index in [9.17, 15) is 13.2 Å². The van der Waals surface area contributed by atoms with Crippen molar-refractivity contribution in [2.45, 2.75) is 60.4 Å². The van der Waals surface area contributed by atoms with Gasteiger partial charge in [0.1, 0.15) is 0 Å². The fourth-order valence-corrected chi connectivity index (χ4v) is 4.71. The van der Waals surface area contributed by atoms with Crippen molar-refractivity contribution in [2.24, 2.45) is 0 Å². The van der Waals surface area contributed by atoms with Crippen LogP contribution in [0.1, 0.15) is 59.2 Å². The van der Waals surface area contributed by atoms with Gasteiger partial charge >= 0.3 is 0 Å². The molecule has 0 bridgehead atoms. The average molecular weight is 431 g/mol. The van der Waals surface area contributed by atoms with Gasteiger partial charge in [-0.1, -0.05) is 24.3 Å². The molecule has 0 aliphatic heterocycles. The van der Waals surface area contributed by atoms with Gasteiger partial charge in [-0.25, -0.2) is 8.42 Å². The van der Waals surface area contributed by atoms with E-state index in [-0.39, 0.29) is 24.9 Å². The van der Waals surface area contributed by atoms with Crippen molar-refractivity contribution in [1.29, 1.82) is 0 Å². The molecule has 30 heavy (non-hydrogen) atoms. The number of rotatable bonds is 8. The number of sulfonamides is 1. The summed E-state index contributed by atoms with van der Waals surface area (Å²) in [4.78, 5) is 12.5. The summed E-state index contributed by atoms with van der Waals surface area (Å²) in [6.07, 6.45) is 1.93. The van der Waals surface area contributed by atoms with Gasteiger partial charge in [-0.2, -0.15) is 0 Å². The molecule has 0 unspecified atom stereocenters. The fourth-order valence-electron chi connectivity index (χ4n) is 3.69. The minimum atomic E-state index is -3.43. The lowest BCUT2D eigenvalue weighted by atomic mass is 9.96. The Morgan fingerprint density at radius 1 is 1.00 bits per heavy atom. The second-order valence-electron chi connectivity index (χ2n) is 8.24. The summed E-state index contributed by atoms with van der Waals surface area (Å²) in [7, 11) is -3.43. The van der Waals surface area contributed by atoms with Crippen LogP contribution in [0.3, 0.4) is 0 Å². The van der Waals surface area contributed by atoms with Crippen molar-refractivity contribution < 1.29 is 13.2 Å². The van der Waals surface area contributed by atoms with E-state index in [0.29, 0.717) is 12.1 Å². The van der Waals surface area contributed by atoms with E-state index in [2.05, 4.69) is 38.2 Å². The Morgan fingerprint density at radius 3 is 2.27 bits per heavy atom. The molecule has 0 heterocycles. The van der Waals surface area contributed by atoms with Crippen molar-refractivity contribution in [3.8, 4) is 0 Å². The molecule has 164 valence electrons. The van der Waals surface area contributed by atoms with Gasteiger partial charge in [-0.05, 0) is 87.4 Å². The molecule has 2 aromatic carbocycles. The van der Waals surface area contributed by atoms with Crippen molar-refractivity contribution in [1.82, 2.24) is 5.32 Å². The monoisotopic (exact) mass is 430 g/mol. The summed E-state index contributed by atoms with van der Waals surface area (Å²) >= 11 is 0. The number of anilines is 1. The van der Waals surface area contributed by atoms with E-state index in [1.54, 1.807) is 0 Å². The third kappa shape index (κ3) is 5.85. The van der Waals surface area contributed by atoms with Crippen LogP contribution in [0, 0.1) is 34.6 Å². The van der Waals surface area contributed by atoms with Gasteiger partial charge in [-0.15, -0.1) is 0 Å². The first-order valence-corrected chi connectivity index (χ1v) is 12.2. The number of hydrogen-bond donors (Lipinski definition) is 1. The Hall–Kier alpha value is -2.34. The highest BCUT2D eigenvalue weighted by Gasteiger charge is 2.20. The van der Waals surface area contributed by atoms with Crippen LogP contribution in [0.2, 0.25) is 0 Å². The van der Waals surface area contributed by atoms with E-state index in [0.717, 1.165) is 22.3 Å². The van der Waals surface area contributed by atoms with Crippen LogP contribution in [0.25, 0.3) is 0 Å². The predicted molar refractivity (Wildman–Crippen MR) is 125 cm³/mol. The van der Waals surface area contributed by atoms with E-state index >= 15 is 0 Å². The highest BCUT2D eigenvalue weighted by molar-refractivity contribution is 7.92. The first kappa shape index (κ1) is 23.9. The van der Waals surface area contributed by atoms with Crippen LogP contribution in [0.15, 0.2) is 30.3 Å². The Bertz CT molecular complexity index is 1030. The van der Waals surface area contributed by atoms with Crippen molar-refractivity contribution in [2.75, 3.05) is 17.1 Å². The smallest absolute Gasteiger partial charge is 0.232 e.